The van der Waals surface area contributed by atoms with E-state index in [1.807, 2.05) is 0 Å². The van der Waals surface area contributed by atoms with Crippen LogP contribution in [0.4, 0.5) is 5.69 Å². The lowest BCUT2D eigenvalue weighted by molar-refractivity contribution is -0.147. The van der Waals surface area contributed by atoms with Gasteiger partial charge in [-0.05, 0) is 29.7 Å². The maximum atomic E-state index is 12.4. The minimum Gasteiger partial charge on any atom is -0.474 e. The van der Waals surface area contributed by atoms with Gasteiger partial charge in [-0.15, -0.1) is 0 Å². The molecule has 0 bridgehead atoms. The number of carboxylic acids is 1. The van der Waals surface area contributed by atoms with Gasteiger partial charge in [0.25, 0.3) is 0 Å². The van der Waals surface area contributed by atoms with Crippen molar-refractivity contribution >= 4 is 52.2 Å². The van der Waals surface area contributed by atoms with E-state index in [2.05, 4.69) is 21.3 Å². The predicted octanol–water partition coefficient (Wildman–Crippen LogP) is -0.458. The molecule has 192 valence electrons. The van der Waals surface area contributed by atoms with Crippen LogP contribution in [0.5, 0.6) is 0 Å². The van der Waals surface area contributed by atoms with Crippen LogP contribution in [0.3, 0.4) is 0 Å². The number of nitrogens with one attached hydrogen (secondary N) is 4. The van der Waals surface area contributed by atoms with Gasteiger partial charge < -0.3 is 31.5 Å². The number of aliphatic hydroxyl groups is 1. The molecule has 1 atom stereocenters. The van der Waals surface area contributed by atoms with E-state index in [1.165, 1.54) is 13.0 Å². The third-order valence-electron chi connectivity index (χ3n) is 4.61. The maximum Gasteiger partial charge on any atom is 0.394 e. The topological polar surface area (TPSA) is 191 Å². The summed E-state index contributed by atoms with van der Waals surface area (Å²) in [6.07, 6.45) is 0.581. The molecule has 6 N–H and O–H groups in total. The van der Waals surface area contributed by atoms with Crippen molar-refractivity contribution in [3.8, 4) is 0 Å². The Hall–Kier alpha value is -3.45. The van der Waals surface area contributed by atoms with E-state index in [9.17, 15) is 33.9 Å². The summed E-state index contributed by atoms with van der Waals surface area (Å²) < 4.78 is 0. The Labute approximate surface area is 206 Å². The normalized spacial score (nSPS) is 11.2. The highest BCUT2D eigenvalue weighted by Gasteiger charge is 2.20. The summed E-state index contributed by atoms with van der Waals surface area (Å²) in [7, 11) is 0. The summed E-state index contributed by atoms with van der Waals surface area (Å²) in [6, 6.07) is 3.55. The van der Waals surface area contributed by atoms with E-state index in [4.69, 9.17) is 5.11 Å². The first-order valence-electron chi connectivity index (χ1n) is 10.8. The van der Waals surface area contributed by atoms with Crippen LogP contribution in [-0.2, 0) is 40.9 Å². The standard InChI is InChI=1S/C22H30N4O8S/c1-3-18(29)23-9-7-19(30)26-17(11-27)20(31)24-8-6-14-4-5-16(25-21(32)22(33)34)10-15(14)12-35-13(2)28/h4-5,10,17,27H,3,6-9,11-12H2,1-2H3,(H,23,29)(H,24,31)(H,25,32)(H,26,30)(H,33,34)/t17-/m0/s1. The third kappa shape index (κ3) is 11.5. The van der Waals surface area contributed by atoms with Crippen LogP contribution in [-0.4, -0.2) is 70.7 Å². The van der Waals surface area contributed by atoms with Crippen LogP contribution in [0, 0.1) is 0 Å². The number of rotatable bonds is 13. The minimum absolute atomic E-state index is 0.0442. The number of carbonyl (C=O) groups excluding carboxylic acids is 5. The lowest BCUT2D eigenvalue weighted by Crippen LogP contribution is -2.49. The van der Waals surface area contributed by atoms with Gasteiger partial charge in [0.2, 0.25) is 17.7 Å². The zero-order chi connectivity index (χ0) is 26.4. The number of aliphatic carboxylic acids is 1. The monoisotopic (exact) mass is 510 g/mol. The van der Waals surface area contributed by atoms with Crippen molar-refractivity contribution in [2.45, 2.75) is 44.9 Å². The molecule has 0 aromatic heterocycles. The van der Waals surface area contributed by atoms with Crippen molar-refractivity contribution in [1.82, 2.24) is 16.0 Å². The SMILES string of the molecule is CCC(=O)NCCC(=O)N[C@@H](CO)C(=O)NCCc1ccc(NC(=O)C(=O)O)cc1CSC(C)=O. The van der Waals surface area contributed by atoms with Crippen LogP contribution in [0.2, 0.25) is 0 Å². The number of amides is 4. The number of hydrogen-bond donors (Lipinski definition) is 6. The van der Waals surface area contributed by atoms with E-state index in [1.54, 1.807) is 19.1 Å². The number of anilines is 1. The Morgan fingerprint density at radius 2 is 1.71 bits per heavy atom. The van der Waals surface area contributed by atoms with E-state index in [0.29, 0.717) is 12.0 Å². The molecule has 0 saturated heterocycles. The lowest BCUT2D eigenvalue weighted by Gasteiger charge is -2.17. The smallest absolute Gasteiger partial charge is 0.394 e. The molecule has 0 aliphatic heterocycles. The summed E-state index contributed by atoms with van der Waals surface area (Å²) in [5.74, 6) is -3.85. The van der Waals surface area contributed by atoms with Crippen molar-refractivity contribution in [2.75, 3.05) is 25.0 Å². The molecule has 35 heavy (non-hydrogen) atoms. The maximum absolute atomic E-state index is 12.4. The van der Waals surface area contributed by atoms with Gasteiger partial charge in [0.15, 0.2) is 5.12 Å². The van der Waals surface area contributed by atoms with Crippen molar-refractivity contribution in [3.05, 3.63) is 29.3 Å². The summed E-state index contributed by atoms with van der Waals surface area (Å²) in [5.41, 5.74) is 1.68. The number of hydrogen-bond acceptors (Lipinski definition) is 8. The molecule has 1 aromatic rings. The molecule has 13 heteroatoms. The zero-order valence-electron chi connectivity index (χ0n) is 19.5. The fourth-order valence-electron chi connectivity index (χ4n) is 2.79. The van der Waals surface area contributed by atoms with Gasteiger partial charge in [-0.25, -0.2) is 4.79 Å². The van der Waals surface area contributed by atoms with Crippen LogP contribution in [0.25, 0.3) is 0 Å². The van der Waals surface area contributed by atoms with Gasteiger partial charge in [-0.1, -0.05) is 24.8 Å². The molecule has 0 aliphatic rings. The number of benzene rings is 1. The minimum atomic E-state index is -1.63. The molecule has 0 heterocycles. The summed E-state index contributed by atoms with van der Waals surface area (Å²) in [6.45, 7) is 2.73. The molecule has 12 nitrogen and oxygen atoms in total. The Morgan fingerprint density at radius 3 is 2.31 bits per heavy atom. The summed E-state index contributed by atoms with van der Waals surface area (Å²) >= 11 is 1.04. The summed E-state index contributed by atoms with van der Waals surface area (Å²) in [4.78, 5) is 69.0. The molecule has 0 saturated carbocycles. The van der Waals surface area contributed by atoms with Gasteiger partial charge >= 0.3 is 11.9 Å². The quantitative estimate of drug-likeness (QED) is 0.191. The molecule has 0 spiro atoms. The second-order valence-corrected chi connectivity index (χ2v) is 8.47. The first-order chi connectivity index (χ1) is 16.6. The van der Waals surface area contributed by atoms with E-state index in [0.717, 1.165) is 17.3 Å². The molecular formula is C22H30N4O8S. The average Bonchev–Trinajstić information content (AvgIpc) is 2.81. The molecule has 0 unspecified atom stereocenters. The molecule has 0 radical (unpaired) electrons. The number of carboxylic acid groups (broad SMARTS) is 1. The Bertz CT molecular complexity index is 953. The fourth-order valence-corrected chi connectivity index (χ4v) is 3.42. The molecule has 1 rings (SSSR count). The van der Waals surface area contributed by atoms with Crippen LogP contribution < -0.4 is 21.3 Å². The summed E-state index contributed by atoms with van der Waals surface area (Å²) in [5, 5.41) is 27.9. The van der Waals surface area contributed by atoms with Crippen molar-refractivity contribution in [1.29, 1.82) is 0 Å². The first kappa shape index (κ1) is 29.6. The molecule has 4 amide bonds. The third-order valence-corrected chi connectivity index (χ3v) is 5.47. The van der Waals surface area contributed by atoms with Crippen LogP contribution in [0.1, 0.15) is 37.8 Å². The van der Waals surface area contributed by atoms with Crippen molar-refractivity contribution < 1.29 is 39.0 Å². The largest absolute Gasteiger partial charge is 0.474 e. The van der Waals surface area contributed by atoms with Gasteiger partial charge in [0, 0.05) is 44.3 Å². The lowest BCUT2D eigenvalue weighted by atomic mass is 10.0. The second-order valence-electron chi connectivity index (χ2n) is 7.32. The second kappa shape index (κ2) is 15.5. The average molecular weight is 511 g/mol. The number of carbonyl (C=O) groups is 6. The number of thioether (sulfide) groups is 1. The highest BCUT2D eigenvalue weighted by molar-refractivity contribution is 8.12. The highest BCUT2D eigenvalue weighted by Crippen LogP contribution is 2.22. The highest BCUT2D eigenvalue weighted by atomic mass is 32.2. The Kier molecular flexibility index (Phi) is 13.1. The van der Waals surface area contributed by atoms with Gasteiger partial charge in [-0.3, -0.25) is 24.0 Å². The van der Waals surface area contributed by atoms with E-state index in [-0.39, 0.29) is 48.4 Å². The number of aliphatic hydroxyl groups excluding tert-OH is 1. The predicted molar refractivity (Wildman–Crippen MR) is 128 cm³/mol. The van der Waals surface area contributed by atoms with Gasteiger partial charge in [0.1, 0.15) is 6.04 Å². The van der Waals surface area contributed by atoms with Crippen LogP contribution >= 0.6 is 11.8 Å². The Morgan fingerprint density at radius 1 is 1.00 bits per heavy atom. The van der Waals surface area contributed by atoms with E-state index >= 15 is 0 Å². The molecule has 0 aliphatic carbocycles. The Balaban J connectivity index is 2.70. The molecule has 0 fully saturated rings. The molecule has 1 aromatic carbocycles. The first-order valence-corrected chi connectivity index (χ1v) is 11.8. The zero-order valence-corrected chi connectivity index (χ0v) is 20.3. The molecular weight excluding hydrogens is 480 g/mol. The van der Waals surface area contributed by atoms with Gasteiger partial charge in [0.05, 0.1) is 6.61 Å². The van der Waals surface area contributed by atoms with Gasteiger partial charge in [-0.2, -0.15) is 0 Å². The van der Waals surface area contributed by atoms with Crippen molar-refractivity contribution in [2.24, 2.45) is 0 Å². The van der Waals surface area contributed by atoms with Crippen molar-refractivity contribution in [3.63, 3.8) is 0 Å². The van der Waals surface area contributed by atoms with Crippen LogP contribution in [0.15, 0.2) is 18.2 Å². The van der Waals surface area contributed by atoms with E-state index < -0.39 is 36.3 Å². The fraction of sp³-hybridized carbons (Fsp3) is 0.455.